The van der Waals surface area contributed by atoms with Crippen molar-refractivity contribution in [3.63, 3.8) is 0 Å². The molecule has 1 fully saturated rings. The van der Waals surface area contributed by atoms with E-state index in [1.807, 2.05) is 0 Å². The molecule has 0 aromatic carbocycles. The minimum absolute atomic E-state index is 0.271. The van der Waals surface area contributed by atoms with Crippen LogP contribution in [0, 0.1) is 0 Å². The van der Waals surface area contributed by atoms with Gasteiger partial charge in [-0.3, -0.25) is 4.79 Å². The van der Waals surface area contributed by atoms with Crippen molar-refractivity contribution in [3.05, 3.63) is 11.8 Å². The summed E-state index contributed by atoms with van der Waals surface area (Å²) in [6, 6.07) is 0.659. The molecule has 0 radical (unpaired) electrons. The average molecular weight is 194 g/mol. The first-order valence-corrected chi connectivity index (χ1v) is 5.43. The highest BCUT2D eigenvalue weighted by atomic mass is 16.1. The van der Waals surface area contributed by atoms with Crippen molar-refractivity contribution in [2.45, 2.75) is 31.7 Å². The molecule has 0 aromatic heterocycles. The second-order valence-electron chi connectivity index (χ2n) is 4.29. The summed E-state index contributed by atoms with van der Waals surface area (Å²) in [6.07, 6.45) is 5.96. The number of hydrogen-bond acceptors (Lipinski definition) is 3. The van der Waals surface area contributed by atoms with Gasteiger partial charge in [-0.05, 0) is 32.9 Å². The van der Waals surface area contributed by atoms with Crippen LogP contribution in [0.2, 0.25) is 0 Å². The van der Waals surface area contributed by atoms with Gasteiger partial charge in [0, 0.05) is 30.8 Å². The molecule has 3 nitrogen and oxygen atoms in total. The molecule has 1 heterocycles. The van der Waals surface area contributed by atoms with Crippen molar-refractivity contribution in [2.24, 2.45) is 0 Å². The number of likely N-dealkylation sites (N-methyl/N-ethyl adjacent to an activating group) is 1. The Kier molecular flexibility index (Phi) is 2.87. The van der Waals surface area contributed by atoms with Gasteiger partial charge in [-0.2, -0.15) is 0 Å². The van der Waals surface area contributed by atoms with Gasteiger partial charge in [-0.15, -0.1) is 0 Å². The SMILES string of the molecule is CN1CCCC1CNC1=CC(=O)CC1. The van der Waals surface area contributed by atoms with E-state index in [4.69, 9.17) is 0 Å². The average Bonchev–Trinajstić information content (AvgIpc) is 2.72. The number of hydrogen-bond donors (Lipinski definition) is 1. The van der Waals surface area contributed by atoms with Crippen LogP contribution in [0.5, 0.6) is 0 Å². The number of nitrogens with zero attached hydrogens (tertiary/aromatic N) is 1. The zero-order valence-electron chi connectivity index (χ0n) is 8.75. The molecule has 1 aliphatic carbocycles. The molecule has 14 heavy (non-hydrogen) atoms. The Morgan fingerprint density at radius 2 is 2.43 bits per heavy atom. The first kappa shape index (κ1) is 9.71. The summed E-state index contributed by atoms with van der Waals surface area (Å²) in [5, 5.41) is 3.38. The molecule has 3 heteroatoms. The Labute approximate surface area is 85.2 Å². The van der Waals surface area contributed by atoms with Crippen LogP contribution >= 0.6 is 0 Å². The van der Waals surface area contributed by atoms with Crippen molar-refractivity contribution < 1.29 is 4.79 Å². The van der Waals surface area contributed by atoms with E-state index in [1.165, 1.54) is 19.4 Å². The molecule has 1 N–H and O–H groups in total. The Bertz CT molecular complexity index is 260. The number of nitrogens with one attached hydrogen (secondary N) is 1. The predicted octanol–water partition coefficient (Wildman–Crippen LogP) is 0.917. The van der Waals surface area contributed by atoms with Crippen LogP contribution in [0.4, 0.5) is 0 Å². The molecule has 1 aliphatic heterocycles. The van der Waals surface area contributed by atoms with Gasteiger partial charge in [0.15, 0.2) is 5.78 Å². The van der Waals surface area contributed by atoms with Crippen molar-refractivity contribution in [1.82, 2.24) is 10.2 Å². The molecule has 0 aromatic rings. The maximum atomic E-state index is 11.0. The molecule has 0 spiro atoms. The molecule has 0 saturated carbocycles. The van der Waals surface area contributed by atoms with Gasteiger partial charge in [0.05, 0.1) is 0 Å². The standard InChI is InChI=1S/C11H18N2O/c1-13-6-2-3-10(13)8-12-9-4-5-11(14)7-9/h7,10,12H,2-6,8H2,1H3. The van der Waals surface area contributed by atoms with Gasteiger partial charge >= 0.3 is 0 Å². The smallest absolute Gasteiger partial charge is 0.157 e. The van der Waals surface area contributed by atoms with Crippen molar-refractivity contribution in [1.29, 1.82) is 0 Å². The third-order valence-corrected chi connectivity index (χ3v) is 3.21. The molecule has 1 saturated heterocycles. The van der Waals surface area contributed by atoms with E-state index in [-0.39, 0.29) is 5.78 Å². The van der Waals surface area contributed by atoms with Gasteiger partial charge in [0.25, 0.3) is 0 Å². The summed E-state index contributed by atoms with van der Waals surface area (Å²) in [5.41, 5.74) is 1.13. The Hall–Kier alpha value is -0.830. The maximum absolute atomic E-state index is 11.0. The van der Waals surface area contributed by atoms with E-state index in [0.717, 1.165) is 18.7 Å². The van der Waals surface area contributed by atoms with E-state index >= 15 is 0 Å². The lowest BCUT2D eigenvalue weighted by atomic mass is 10.2. The highest BCUT2D eigenvalue weighted by Crippen LogP contribution is 2.16. The summed E-state index contributed by atoms with van der Waals surface area (Å²) in [5.74, 6) is 0.271. The summed E-state index contributed by atoms with van der Waals surface area (Å²) in [4.78, 5) is 13.4. The molecular formula is C11H18N2O. The number of rotatable bonds is 3. The number of carbonyl (C=O) groups excluding carboxylic acids is 1. The third kappa shape index (κ3) is 2.15. The predicted molar refractivity (Wildman–Crippen MR) is 56.0 cm³/mol. The molecular weight excluding hydrogens is 176 g/mol. The summed E-state index contributed by atoms with van der Waals surface area (Å²) in [7, 11) is 2.17. The van der Waals surface area contributed by atoms with E-state index in [9.17, 15) is 4.79 Å². The minimum Gasteiger partial charge on any atom is -0.387 e. The Balaban J connectivity index is 1.77. The summed E-state index contributed by atoms with van der Waals surface area (Å²) in [6.45, 7) is 2.21. The highest BCUT2D eigenvalue weighted by Gasteiger charge is 2.21. The normalized spacial score (nSPS) is 28.2. The first-order valence-electron chi connectivity index (χ1n) is 5.43. The van der Waals surface area contributed by atoms with Crippen LogP contribution < -0.4 is 5.32 Å². The summed E-state index contributed by atoms with van der Waals surface area (Å²) >= 11 is 0. The van der Waals surface area contributed by atoms with Gasteiger partial charge < -0.3 is 10.2 Å². The van der Waals surface area contributed by atoms with Crippen molar-refractivity contribution >= 4 is 5.78 Å². The third-order valence-electron chi connectivity index (χ3n) is 3.21. The number of ketones is 1. The van der Waals surface area contributed by atoms with E-state index in [2.05, 4.69) is 17.3 Å². The molecule has 78 valence electrons. The molecule has 0 amide bonds. The number of carbonyl (C=O) groups is 1. The van der Waals surface area contributed by atoms with Crippen LogP contribution in [0.1, 0.15) is 25.7 Å². The zero-order valence-corrected chi connectivity index (χ0v) is 8.75. The van der Waals surface area contributed by atoms with E-state index < -0.39 is 0 Å². The van der Waals surface area contributed by atoms with Gasteiger partial charge in [-0.1, -0.05) is 0 Å². The van der Waals surface area contributed by atoms with Gasteiger partial charge in [-0.25, -0.2) is 0 Å². The number of likely N-dealkylation sites (tertiary alicyclic amines) is 1. The lowest BCUT2D eigenvalue weighted by Crippen LogP contribution is -2.34. The largest absolute Gasteiger partial charge is 0.387 e. The quantitative estimate of drug-likeness (QED) is 0.725. The highest BCUT2D eigenvalue weighted by molar-refractivity contribution is 5.92. The second-order valence-corrected chi connectivity index (χ2v) is 4.29. The minimum atomic E-state index is 0.271. The fraction of sp³-hybridized carbons (Fsp3) is 0.727. The topological polar surface area (TPSA) is 32.3 Å². The van der Waals surface area contributed by atoms with Crippen LogP contribution in [0.25, 0.3) is 0 Å². The van der Waals surface area contributed by atoms with E-state index in [1.54, 1.807) is 6.08 Å². The molecule has 1 atom stereocenters. The second kappa shape index (κ2) is 4.13. The van der Waals surface area contributed by atoms with E-state index in [0.29, 0.717) is 12.5 Å². The maximum Gasteiger partial charge on any atom is 0.157 e. The Morgan fingerprint density at radius 1 is 1.57 bits per heavy atom. The zero-order chi connectivity index (χ0) is 9.97. The molecule has 1 unspecified atom stereocenters. The van der Waals surface area contributed by atoms with Crippen LogP contribution in [0.3, 0.4) is 0 Å². The fourth-order valence-electron chi connectivity index (χ4n) is 2.22. The van der Waals surface area contributed by atoms with Gasteiger partial charge in [0.1, 0.15) is 0 Å². The summed E-state index contributed by atoms with van der Waals surface area (Å²) < 4.78 is 0. The Morgan fingerprint density at radius 3 is 3.00 bits per heavy atom. The van der Waals surface area contributed by atoms with Crippen LogP contribution in [-0.4, -0.2) is 36.9 Å². The fourth-order valence-corrected chi connectivity index (χ4v) is 2.22. The van der Waals surface area contributed by atoms with Crippen molar-refractivity contribution in [3.8, 4) is 0 Å². The first-order chi connectivity index (χ1) is 6.75. The lowest BCUT2D eigenvalue weighted by Gasteiger charge is -2.20. The number of allylic oxidation sites excluding steroid dienone is 2. The van der Waals surface area contributed by atoms with Crippen molar-refractivity contribution in [2.75, 3.05) is 20.1 Å². The monoisotopic (exact) mass is 194 g/mol. The molecule has 2 aliphatic rings. The van der Waals surface area contributed by atoms with Crippen LogP contribution in [0.15, 0.2) is 11.8 Å². The van der Waals surface area contributed by atoms with Gasteiger partial charge in [0.2, 0.25) is 0 Å². The lowest BCUT2D eigenvalue weighted by molar-refractivity contribution is -0.114. The molecule has 2 rings (SSSR count). The van der Waals surface area contributed by atoms with Crippen LogP contribution in [-0.2, 0) is 4.79 Å². The molecule has 0 bridgehead atoms.